The number of carbonyl (C=O) groups is 2. The van der Waals surface area contributed by atoms with Gasteiger partial charge in [-0.2, -0.15) is 0 Å². The molecule has 2 amide bonds. The quantitative estimate of drug-likeness (QED) is 0.794. The lowest BCUT2D eigenvalue weighted by Gasteiger charge is -2.12. The molecule has 1 aromatic rings. The summed E-state index contributed by atoms with van der Waals surface area (Å²) in [6.45, 7) is 0.408. The Kier molecular flexibility index (Phi) is 4.92. The molecule has 0 aliphatic rings. The largest absolute Gasteiger partial charge is 0.478 e. The summed E-state index contributed by atoms with van der Waals surface area (Å²) in [6, 6.07) is 7.15. The van der Waals surface area contributed by atoms with E-state index >= 15 is 0 Å². The van der Waals surface area contributed by atoms with Gasteiger partial charge in [0.2, 0.25) is 0 Å². The molecule has 2 N–H and O–H groups in total. The number of carboxylic acids is 1. The van der Waals surface area contributed by atoms with Gasteiger partial charge in [-0.1, -0.05) is 18.2 Å². The maximum absolute atomic E-state index is 11.3. The predicted octanol–water partition coefficient (Wildman–Crippen LogP) is 1.56. The van der Waals surface area contributed by atoms with Crippen molar-refractivity contribution in [1.82, 2.24) is 10.2 Å². The number of rotatable bonds is 4. The van der Waals surface area contributed by atoms with Crippen molar-refractivity contribution in [3.63, 3.8) is 0 Å². The van der Waals surface area contributed by atoms with Gasteiger partial charge in [-0.25, -0.2) is 9.59 Å². The van der Waals surface area contributed by atoms with Gasteiger partial charge < -0.3 is 15.3 Å². The van der Waals surface area contributed by atoms with Crippen LogP contribution in [0.5, 0.6) is 0 Å². The molecule has 0 saturated carbocycles. The van der Waals surface area contributed by atoms with Gasteiger partial charge in [-0.05, 0) is 23.3 Å². The average molecular weight is 248 g/mol. The number of carbonyl (C=O) groups excluding carboxylic acids is 1. The molecule has 1 aromatic carbocycles. The highest BCUT2D eigenvalue weighted by molar-refractivity contribution is 5.85. The molecule has 0 bridgehead atoms. The summed E-state index contributed by atoms with van der Waals surface area (Å²) in [5, 5.41) is 11.3. The van der Waals surface area contributed by atoms with Gasteiger partial charge in [0.1, 0.15) is 0 Å². The zero-order valence-electron chi connectivity index (χ0n) is 10.4. The van der Waals surface area contributed by atoms with Crippen molar-refractivity contribution in [3.05, 3.63) is 41.5 Å². The Morgan fingerprint density at radius 3 is 2.72 bits per heavy atom. The number of amides is 2. The first kappa shape index (κ1) is 13.8. The SMILES string of the molecule is CN(C)C(=O)NCc1cccc(C=CC(=O)O)c1. The summed E-state index contributed by atoms with van der Waals surface area (Å²) in [5.41, 5.74) is 1.70. The molecule has 0 aliphatic carbocycles. The van der Waals surface area contributed by atoms with E-state index in [4.69, 9.17) is 5.11 Å². The van der Waals surface area contributed by atoms with Crippen LogP contribution in [-0.2, 0) is 11.3 Å². The summed E-state index contributed by atoms with van der Waals surface area (Å²) in [6.07, 6.45) is 2.59. The summed E-state index contributed by atoms with van der Waals surface area (Å²) in [5.74, 6) is -0.985. The maximum Gasteiger partial charge on any atom is 0.328 e. The van der Waals surface area contributed by atoms with Crippen molar-refractivity contribution in [2.45, 2.75) is 6.54 Å². The number of urea groups is 1. The molecule has 0 fully saturated rings. The lowest BCUT2D eigenvalue weighted by molar-refractivity contribution is -0.131. The Balaban J connectivity index is 2.65. The molecule has 0 aliphatic heterocycles. The number of hydrogen-bond acceptors (Lipinski definition) is 2. The van der Waals surface area contributed by atoms with Crippen molar-refractivity contribution in [3.8, 4) is 0 Å². The number of hydrogen-bond donors (Lipinski definition) is 2. The fraction of sp³-hybridized carbons (Fsp3) is 0.231. The minimum absolute atomic E-state index is 0.165. The molecule has 0 unspecified atom stereocenters. The van der Waals surface area contributed by atoms with Crippen molar-refractivity contribution in [2.24, 2.45) is 0 Å². The molecule has 0 heterocycles. The fourth-order valence-electron chi connectivity index (χ4n) is 1.31. The van der Waals surface area contributed by atoms with E-state index in [1.807, 2.05) is 18.2 Å². The second-order valence-corrected chi connectivity index (χ2v) is 3.97. The van der Waals surface area contributed by atoms with Gasteiger partial charge >= 0.3 is 12.0 Å². The first-order chi connectivity index (χ1) is 8.49. The van der Waals surface area contributed by atoms with E-state index in [9.17, 15) is 9.59 Å². The van der Waals surface area contributed by atoms with Crippen LogP contribution < -0.4 is 5.32 Å². The van der Waals surface area contributed by atoms with Gasteiger partial charge in [0.25, 0.3) is 0 Å². The van der Waals surface area contributed by atoms with Crippen molar-refractivity contribution >= 4 is 18.1 Å². The average Bonchev–Trinajstić information content (AvgIpc) is 2.33. The van der Waals surface area contributed by atoms with E-state index in [1.54, 1.807) is 20.2 Å². The van der Waals surface area contributed by atoms with Crippen molar-refractivity contribution < 1.29 is 14.7 Å². The van der Waals surface area contributed by atoms with E-state index in [2.05, 4.69) is 5.32 Å². The number of benzene rings is 1. The van der Waals surface area contributed by atoms with Crippen LogP contribution in [0.4, 0.5) is 4.79 Å². The number of nitrogens with zero attached hydrogens (tertiary/aromatic N) is 1. The van der Waals surface area contributed by atoms with E-state index < -0.39 is 5.97 Å². The Labute approximate surface area is 106 Å². The van der Waals surface area contributed by atoms with Crippen molar-refractivity contribution in [1.29, 1.82) is 0 Å². The van der Waals surface area contributed by atoms with Gasteiger partial charge in [-0.3, -0.25) is 0 Å². The molecule has 1 rings (SSSR count). The van der Waals surface area contributed by atoms with E-state index in [1.165, 1.54) is 11.0 Å². The van der Waals surface area contributed by atoms with Crippen LogP contribution in [-0.4, -0.2) is 36.1 Å². The highest BCUT2D eigenvalue weighted by Crippen LogP contribution is 2.07. The molecule has 0 spiro atoms. The molecular formula is C13H16N2O3. The molecule has 0 aromatic heterocycles. The van der Waals surface area contributed by atoms with Crippen LogP contribution in [0.1, 0.15) is 11.1 Å². The molecule has 0 radical (unpaired) electrons. The third-order valence-corrected chi connectivity index (χ3v) is 2.22. The third-order valence-electron chi connectivity index (χ3n) is 2.22. The minimum atomic E-state index is -0.985. The van der Waals surface area contributed by atoms with Crippen LogP contribution in [0.15, 0.2) is 30.3 Å². The lowest BCUT2D eigenvalue weighted by Crippen LogP contribution is -2.33. The first-order valence-electron chi connectivity index (χ1n) is 5.44. The summed E-state index contributed by atoms with van der Waals surface area (Å²) >= 11 is 0. The normalized spacial score (nSPS) is 10.3. The Morgan fingerprint density at radius 2 is 2.11 bits per heavy atom. The maximum atomic E-state index is 11.3. The Bertz CT molecular complexity index is 467. The molecule has 5 heteroatoms. The standard InChI is InChI=1S/C13H16N2O3/c1-15(2)13(18)14-9-11-5-3-4-10(8-11)6-7-12(16)17/h3-8H,9H2,1-2H3,(H,14,18)(H,16,17). The summed E-state index contributed by atoms with van der Waals surface area (Å²) in [4.78, 5) is 23.2. The minimum Gasteiger partial charge on any atom is -0.478 e. The van der Waals surface area contributed by atoms with Gasteiger partial charge in [-0.15, -0.1) is 0 Å². The highest BCUT2D eigenvalue weighted by Gasteiger charge is 2.02. The second kappa shape index (κ2) is 6.44. The molecule has 18 heavy (non-hydrogen) atoms. The third kappa shape index (κ3) is 4.69. The Hall–Kier alpha value is -2.30. The number of carboxylic acid groups (broad SMARTS) is 1. The van der Waals surface area contributed by atoms with Crippen LogP contribution in [0.2, 0.25) is 0 Å². The monoisotopic (exact) mass is 248 g/mol. The molecule has 0 saturated heterocycles. The number of nitrogens with one attached hydrogen (secondary N) is 1. The number of aliphatic carboxylic acids is 1. The fourth-order valence-corrected chi connectivity index (χ4v) is 1.31. The molecule has 96 valence electrons. The molecule has 5 nitrogen and oxygen atoms in total. The van der Waals surface area contributed by atoms with E-state index in [0.717, 1.165) is 17.2 Å². The zero-order chi connectivity index (χ0) is 13.5. The highest BCUT2D eigenvalue weighted by atomic mass is 16.4. The zero-order valence-corrected chi connectivity index (χ0v) is 10.4. The summed E-state index contributed by atoms with van der Waals surface area (Å²) < 4.78 is 0. The van der Waals surface area contributed by atoms with Gasteiger partial charge in [0.15, 0.2) is 0 Å². The first-order valence-corrected chi connectivity index (χ1v) is 5.44. The molecular weight excluding hydrogens is 232 g/mol. The van der Waals surface area contributed by atoms with Crippen LogP contribution in [0, 0.1) is 0 Å². The topological polar surface area (TPSA) is 69.6 Å². The van der Waals surface area contributed by atoms with E-state index in [0.29, 0.717) is 6.54 Å². The van der Waals surface area contributed by atoms with Crippen LogP contribution in [0.25, 0.3) is 6.08 Å². The van der Waals surface area contributed by atoms with Gasteiger partial charge in [0.05, 0.1) is 0 Å². The molecule has 0 atom stereocenters. The van der Waals surface area contributed by atoms with E-state index in [-0.39, 0.29) is 6.03 Å². The predicted molar refractivity (Wildman–Crippen MR) is 69.0 cm³/mol. The Morgan fingerprint density at radius 1 is 1.39 bits per heavy atom. The smallest absolute Gasteiger partial charge is 0.328 e. The lowest BCUT2D eigenvalue weighted by atomic mass is 10.1. The van der Waals surface area contributed by atoms with Crippen LogP contribution in [0.3, 0.4) is 0 Å². The summed E-state index contributed by atoms with van der Waals surface area (Å²) in [7, 11) is 3.34. The van der Waals surface area contributed by atoms with Crippen molar-refractivity contribution in [2.75, 3.05) is 14.1 Å². The van der Waals surface area contributed by atoms with Crippen LogP contribution >= 0.6 is 0 Å². The van der Waals surface area contributed by atoms with Gasteiger partial charge in [0, 0.05) is 26.7 Å². The second-order valence-electron chi connectivity index (χ2n) is 3.97.